The van der Waals surface area contributed by atoms with Gasteiger partial charge in [-0.15, -0.1) is 0 Å². The van der Waals surface area contributed by atoms with Gasteiger partial charge in [-0.1, -0.05) is 36.4 Å². The zero-order valence-corrected chi connectivity index (χ0v) is 17.1. The number of alkyl halides is 2. The lowest BCUT2D eigenvalue weighted by molar-refractivity contribution is 0.0785. The predicted octanol–water partition coefficient (Wildman–Crippen LogP) is 4.25. The molecule has 1 amide bonds. The molecule has 0 bridgehead atoms. The molecular weight excluding hydrogens is 414 g/mol. The van der Waals surface area contributed by atoms with Crippen molar-refractivity contribution in [2.45, 2.75) is 13.0 Å². The average Bonchev–Trinajstić information content (AvgIpc) is 3.41. The Morgan fingerprint density at radius 2 is 1.88 bits per heavy atom. The third-order valence-electron chi connectivity index (χ3n) is 5.18. The number of fused-ring (bicyclic) bond motifs is 2. The van der Waals surface area contributed by atoms with E-state index in [1.165, 1.54) is 17.2 Å². The second kappa shape index (κ2) is 7.84. The Hall–Kier alpha value is -4.14. The Labute approximate surface area is 181 Å². The van der Waals surface area contributed by atoms with Crippen LogP contribution in [0.3, 0.4) is 0 Å². The van der Waals surface area contributed by atoms with E-state index in [1.807, 2.05) is 41.1 Å². The number of imidazole rings is 1. The number of pyridine rings is 1. The van der Waals surface area contributed by atoms with Gasteiger partial charge in [0.15, 0.2) is 5.65 Å². The van der Waals surface area contributed by atoms with Crippen LogP contribution in [0, 0.1) is 0 Å². The van der Waals surface area contributed by atoms with Crippen molar-refractivity contribution < 1.29 is 13.6 Å². The molecule has 4 heterocycles. The van der Waals surface area contributed by atoms with Crippen molar-refractivity contribution in [3.8, 4) is 11.3 Å². The van der Waals surface area contributed by atoms with Gasteiger partial charge in [-0.05, 0) is 18.2 Å². The number of hydrogen-bond donors (Lipinski definition) is 0. The van der Waals surface area contributed by atoms with Crippen LogP contribution in [0.25, 0.3) is 22.6 Å². The van der Waals surface area contributed by atoms with Crippen molar-refractivity contribution in [1.29, 1.82) is 0 Å². The van der Waals surface area contributed by atoms with E-state index in [0.717, 1.165) is 10.2 Å². The number of carbonyl (C=O) groups excluding carboxylic acids is 1. The van der Waals surface area contributed by atoms with Gasteiger partial charge in [0.1, 0.15) is 16.9 Å². The van der Waals surface area contributed by atoms with Crippen LogP contribution < -0.4 is 0 Å². The van der Waals surface area contributed by atoms with E-state index < -0.39 is 6.43 Å². The molecule has 9 heteroatoms. The standard InChI is InChI=1S/C23H18F2N6O/c1-29(13-16-14-30-10-6-5-9-20(30)27-16)23(32)17-12-26-31-19(21(24)25)11-18(28-22(17)31)15-7-3-2-4-8-15/h2-12,14,21H,13H2,1H3. The van der Waals surface area contributed by atoms with Crippen LogP contribution in [0.15, 0.2) is 73.2 Å². The number of carbonyl (C=O) groups is 1. The summed E-state index contributed by atoms with van der Waals surface area (Å²) >= 11 is 0. The highest BCUT2D eigenvalue weighted by Gasteiger charge is 2.23. The first-order valence-corrected chi connectivity index (χ1v) is 9.91. The molecule has 0 aliphatic heterocycles. The average molecular weight is 432 g/mol. The fourth-order valence-corrected chi connectivity index (χ4v) is 3.63. The van der Waals surface area contributed by atoms with Gasteiger partial charge >= 0.3 is 0 Å². The third kappa shape index (κ3) is 3.47. The van der Waals surface area contributed by atoms with Crippen molar-refractivity contribution in [3.05, 3.63) is 90.1 Å². The first-order chi connectivity index (χ1) is 15.5. The van der Waals surface area contributed by atoms with Crippen LogP contribution in [0.2, 0.25) is 0 Å². The second-order valence-corrected chi connectivity index (χ2v) is 7.39. The molecule has 0 atom stereocenters. The maximum Gasteiger partial charge on any atom is 0.280 e. The first-order valence-electron chi connectivity index (χ1n) is 9.91. The zero-order chi connectivity index (χ0) is 22.2. The van der Waals surface area contributed by atoms with Crippen LogP contribution in [0.5, 0.6) is 0 Å². The van der Waals surface area contributed by atoms with Crippen molar-refractivity contribution in [2.75, 3.05) is 7.05 Å². The predicted molar refractivity (Wildman–Crippen MR) is 114 cm³/mol. The molecule has 0 aliphatic rings. The highest BCUT2D eigenvalue weighted by molar-refractivity contribution is 5.99. The van der Waals surface area contributed by atoms with Gasteiger partial charge in [-0.25, -0.2) is 23.3 Å². The summed E-state index contributed by atoms with van der Waals surface area (Å²) in [4.78, 5) is 23.6. The van der Waals surface area contributed by atoms with E-state index in [2.05, 4.69) is 15.1 Å². The number of hydrogen-bond acceptors (Lipinski definition) is 4. The smallest absolute Gasteiger partial charge is 0.280 e. The van der Waals surface area contributed by atoms with E-state index in [0.29, 0.717) is 17.0 Å². The van der Waals surface area contributed by atoms with Crippen LogP contribution in [-0.4, -0.2) is 41.8 Å². The molecule has 4 aromatic heterocycles. The van der Waals surface area contributed by atoms with Gasteiger partial charge in [-0.3, -0.25) is 4.79 Å². The minimum Gasteiger partial charge on any atom is -0.336 e. The summed E-state index contributed by atoms with van der Waals surface area (Å²) in [6.07, 6.45) is 2.22. The van der Waals surface area contributed by atoms with Crippen molar-refractivity contribution >= 4 is 17.2 Å². The highest BCUT2D eigenvalue weighted by Crippen LogP contribution is 2.27. The minimum atomic E-state index is -2.78. The topological polar surface area (TPSA) is 67.8 Å². The van der Waals surface area contributed by atoms with E-state index in [-0.39, 0.29) is 29.4 Å². The number of halogens is 2. The summed E-state index contributed by atoms with van der Waals surface area (Å²) in [7, 11) is 1.63. The molecule has 0 radical (unpaired) electrons. The SMILES string of the molecule is CN(Cc1cn2ccccc2n1)C(=O)c1cnn2c(C(F)F)cc(-c3ccccc3)nc12. The summed E-state index contributed by atoms with van der Waals surface area (Å²) < 4.78 is 30.4. The summed E-state index contributed by atoms with van der Waals surface area (Å²) in [5, 5.41) is 4.03. The second-order valence-electron chi connectivity index (χ2n) is 7.39. The maximum absolute atomic E-state index is 13.8. The number of aromatic nitrogens is 5. The van der Waals surface area contributed by atoms with Crippen molar-refractivity contribution in [2.24, 2.45) is 0 Å². The molecule has 0 saturated carbocycles. The van der Waals surface area contributed by atoms with Gasteiger partial charge in [0.05, 0.1) is 24.1 Å². The van der Waals surface area contributed by atoms with Gasteiger partial charge in [0.2, 0.25) is 0 Å². The quantitative estimate of drug-likeness (QED) is 0.416. The Bertz CT molecular complexity index is 1390. The van der Waals surface area contributed by atoms with Crippen LogP contribution in [-0.2, 0) is 6.54 Å². The lowest BCUT2D eigenvalue weighted by Gasteiger charge is -2.15. The van der Waals surface area contributed by atoms with E-state index in [4.69, 9.17) is 0 Å². The first kappa shape index (κ1) is 19.8. The monoisotopic (exact) mass is 432 g/mol. The van der Waals surface area contributed by atoms with Crippen LogP contribution >= 0.6 is 0 Å². The van der Waals surface area contributed by atoms with Gasteiger partial charge < -0.3 is 9.30 Å². The lowest BCUT2D eigenvalue weighted by Crippen LogP contribution is -2.26. The fraction of sp³-hybridized carbons (Fsp3) is 0.130. The molecule has 0 N–H and O–H groups in total. The number of nitrogens with zero attached hydrogens (tertiary/aromatic N) is 6. The van der Waals surface area contributed by atoms with Crippen LogP contribution in [0.4, 0.5) is 8.78 Å². The van der Waals surface area contributed by atoms with E-state index in [1.54, 1.807) is 31.3 Å². The molecule has 5 aromatic rings. The summed E-state index contributed by atoms with van der Waals surface area (Å²) in [5.41, 5.74) is 2.42. The number of rotatable bonds is 5. The normalized spacial score (nSPS) is 11.5. The van der Waals surface area contributed by atoms with Crippen molar-refractivity contribution in [1.82, 2.24) is 28.9 Å². The van der Waals surface area contributed by atoms with E-state index >= 15 is 0 Å². The molecule has 0 aliphatic carbocycles. The Kier molecular flexibility index (Phi) is 4.85. The molecule has 0 fully saturated rings. The zero-order valence-electron chi connectivity index (χ0n) is 17.1. The van der Waals surface area contributed by atoms with Gasteiger partial charge in [0, 0.05) is 25.0 Å². The number of benzene rings is 1. The highest BCUT2D eigenvalue weighted by atomic mass is 19.3. The Morgan fingerprint density at radius 1 is 1.09 bits per heavy atom. The molecule has 0 spiro atoms. The van der Waals surface area contributed by atoms with Crippen molar-refractivity contribution in [3.63, 3.8) is 0 Å². The summed E-state index contributed by atoms with van der Waals surface area (Å²) in [6, 6.07) is 15.9. The molecular formula is C23H18F2N6O. The van der Waals surface area contributed by atoms with Crippen LogP contribution in [0.1, 0.15) is 28.2 Å². The van der Waals surface area contributed by atoms with Gasteiger partial charge in [0.25, 0.3) is 12.3 Å². The molecule has 7 nitrogen and oxygen atoms in total. The number of amides is 1. The third-order valence-corrected chi connectivity index (χ3v) is 5.18. The molecule has 1 aromatic carbocycles. The summed E-state index contributed by atoms with van der Waals surface area (Å²) in [6.45, 7) is 0.248. The van der Waals surface area contributed by atoms with E-state index in [9.17, 15) is 13.6 Å². The molecule has 32 heavy (non-hydrogen) atoms. The Balaban J connectivity index is 1.52. The largest absolute Gasteiger partial charge is 0.336 e. The van der Waals surface area contributed by atoms with Gasteiger partial charge in [-0.2, -0.15) is 5.10 Å². The summed E-state index contributed by atoms with van der Waals surface area (Å²) in [5.74, 6) is -0.380. The lowest BCUT2D eigenvalue weighted by atomic mass is 10.1. The molecule has 5 rings (SSSR count). The molecule has 0 unspecified atom stereocenters. The molecule has 160 valence electrons. The maximum atomic E-state index is 13.8. The fourth-order valence-electron chi connectivity index (χ4n) is 3.63. The minimum absolute atomic E-state index is 0.0912. The molecule has 0 saturated heterocycles. The Morgan fingerprint density at radius 3 is 2.62 bits per heavy atom.